The Morgan fingerprint density at radius 1 is 1.57 bits per heavy atom. The van der Waals surface area contributed by atoms with Crippen LogP contribution in [0.1, 0.15) is 25.1 Å². The van der Waals surface area contributed by atoms with Gasteiger partial charge in [-0.1, -0.05) is 0 Å². The molecule has 1 heterocycles. The molecule has 0 saturated heterocycles. The summed E-state index contributed by atoms with van der Waals surface area (Å²) in [7, 11) is 1.78. The molecule has 1 N–H and O–H groups in total. The van der Waals surface area contributed by atoms with Crippen molar-refractivity contribution in [1.82, 2.24) is 9.36 Å². The number of methoxy groups -OCH3 is 1. The maximum absolute atomic E-state index is 5.50. The van der Waals surface area contributed by atoms with Gasteiger partial charge in [-0.3, -0.25) is 0 Å². The van der Waals surface area contributed by atoms with E-state index >= 15 is 0 Å². The molecule has 78 valence electrons. The van der Waals surface area contributed by atoms with E-state index in [2.05, 4.69) is 14.7 Å². The SMILES string of the molecule is COC1(CNc2nc(C)ns2)CCC1. The molecule has 0 spiro atoms. The second kappa shape index (κ2) is 3.82. The van der Waals surface area contributed by atoms with Gasteiger partial charge in [0, 0.05) is 25.2 Å². The zero-order chi connectivity index (χ0) is 10.0. The van der Waals surface area contributed by atoms with Gasteiger partial charge in [0.1, 0.15) is 5.82 Å². The molecule has 2 rings (SSSR count). The molecule has 1 aromatic rings. The number of anilines is 1. The van der Waals surface area contributed by atoms with Crippen molar-refractivity contribution >= 4 is 16.7 Å². The zero-order valence-electron chi connectivity index (χ0n) is 8.54. The fraction of sp³-hybridized carbons (Fsp3) is 0.778. The van der Waals surface area contributed by atoms with E-state index in [1.807, 2.05) is 6.92 Å². The van der Waals surface area contributed by atoms with Crippen molar-refractivity contribution in [2.24, 2.45) is 0 Å². The van der Waals surface area contributed by atoms with Crippen LogP contribution in [-0.2, 0) is 4.74 Å². The molecule has 5 heteroatoms. The van der Waals surface area contributed by atoms with Crippen molar-refractivity contribution in [3.8, 4) is 0 Å². The van der Waals surface area contributed by atoms with Crippen molar-refractivity contribution in [3.05, 3.63) is 5.82 Å². The molecular formula is C9H15N3OS. The summed E-state index contributed by atoms with van der Waals surface area (Å²) in [6.45, 7) is 2.75. The summed E-state index contributed by atoms with van der Waals surface area (Å²) in [5.41, 5.74) is 0.0551. The van der Waals surface area contributed by atoms with Crippen LogP contribution in [0.5, 0.6) is 0 Å². The van der Waals surface area contributed by atoms with Crippen molar-refractivity contribution in [3.63, 3.8) is 0 Å². The summed E-state index contributed by atoms with van der Waals surface area (Å²) in [5.74, 6) is 0.831. The first kappa shape index (κ1) is 9.86. The number of hydrogen-bond donors (Lipinski definition) is 1. The molecule has 1 aromatic heterocycles. The van der Waals surface area contributed by atoms with E-state index in [0.717, 1.165) is 30.3 Å². The Bertz CT molecular complexity index is 303. The Morgan fingerprint density at radius 3 is 2.79 bits per heavy atom. The molecule has 1 saturated carbocycles. The standard InChI is InChI=1S/C9H15N3OS/c1-7-11-8(14-12-7)10-6-9(13-2)4-3-5-9/h3-6H2,1-2H3,(H,10,11,12). The molecule has 1 aliphatic carbocycles. The van der Waals surface area contributed by atoms with Crippen LogP contribution in [0.3, 0.4) is 0 Å². The van der Waals surface area contributed by atoms with Gasteiger partial charge in [-0.2, -0.15) is 4.37 Å². The Kier molecular flexibility index (Phi) is 2.69. The highest BCUT2D eigenvalue weighted by Gasteiger charge is 2.36. The molecule has 0 aromatic carbocycles. The van der Waals surface area contributed by atoms with Crippen molar-refractivity contribution < 1.29 is 4.74 Å². The average molecular weight is 213 g/mol. The highest BCUT2D eigenvalue weighted by Crippen LogP contribution is 2.35. The van der Waals surface area contributed by atoms with E-state index in [1.54, 1.807) is 7.11 Å². The van der Waals surface area contributed by atoms with E-state index in [0.29, 0.717) is 0 Å². The topological polar surface area (TPSA) is 47.0 Å². The molecule has 1 fully saturated rings. The van der Waals surface area contributed by atoms with Gasteiger partial charge in [0.2, 0.25) is 5.13 Å². The lowest BCUT2D eigenvalue weighted by Gasteiger charge is -2.40. The highest BCUT2D eigenvalue weighted by molar-refractivity contribution is 7.09. The summed E-state index contributed by atoms with van der Waals surface area (Å²) in [4.78, 5) is 4.25. The lowest BCUT2D eigenvalue weighted by atomic mass is 9.80. The van der Waals surface area contributed by atoms with Crippen LogP contribution in [0.15, 0.2) is 0 Å². The second-order valence-electron chi connectivity index (χ2n) is 3.74. The minimum absolute atomic E-state index is 0.0551. The van der Waals surface area contributed by atoms with E-state index in [1.165, 1.54) is 18.0 Å². The number of rotatable bonds is 4. The molecule has 4 nitrogen and oxygen atoms in total. The molecular weight excluding hydrogens is 198 g/mol. The molecule has 0 atom stereocenters. The summed E-state index contributed by atoms with van der Waals surface area (Å²) in [6.07, 6.45) is 3.56. The summed E-state index contributed by atoms with van der Waals surface area (Å²) < 4.78 is 9.61. The quantitative estimate of drug-likeness (QED) is 0.829. The molecule has 0 amide bonds. The van der Waals surface area contributed by atoms with Gasteiger partial charge in [-0.15, -0.1) is 0 Å². The van der Waals surface area contributed by atoms with E-state index in [-0.39, 0.29) is 5.60 Å². The van der Waals surface area contributed by atoms with Gasteiger partial charge in [-0.25, -0.2) is 4.98 Å². The van der Waals surface area contributed by atoms with Crippen LogP contribution in [0.2, 0.25) is 0 Å². The van der Waals surface area contributed by atoms with Gasteiger partial charge in [0.15, 0.2) is 0 Å². The third-order valence-corrected chi connectivity index (χ3v) is 3.55. The summed E-state index contributed by atoms with van der Waals surface area (Å²) in [5, 5.41) is 4.17. The minimum atomic E-state index is 0.0551. The van der Waals surface area contributed by atoms with Gasteiger partial charge in [0.25, 0.3) is 0 Å². The van der Waals surface area contributed by atoms with Gasteiger partial charge >= 0.3 is 0 Å². The average Bonchev–Trinajstić information content (AvgIpc) is 2.50. The molecule has 0 bridgehead atoms. The van der Waals surface area contributed by atoms with Crippen LogP contribution in [-0.4, -0.2) is 28.6 Å². The van der Waals surface area contributed by atoms with Gasteiger partial charge in [0.05, 0.1) is 5.60 Å². The van der Waals surface area contributed by atoms with E-state index < -0.39 is 0 Å². The van der Waals surface area contributed by atoms with Crippen molar-refractivity contribution in [1.29, 1.82) is 0 Å². The lowest BCUT2D eigenvalue weighted by Crippen LogP contribution is -2.45. The third kappa shape index (κ3) is 1.88. The Balaban J connectivity index is 1.87. The molecule has 14 heavy (non-hydrogen) atoms. The first-order chi connectivity index (χ1) is 6.74. The zero-order valence-corrected chi connectivity index (χ0v) is 9.36. The number of hydrogen-bond acceptors (Lipinski definition) is 5. The van der Waals surface area contributed by atoms with Crippen molar-refractivity contribution in [2.75, 3.05) is 19.0 Å². The fourth-order valence-electron chi connectivity index (χ4n) is 1.63. The predicted molar refractivity (Wildman–Crippen MR) is 56.7 cm³/mol. The van der Waals surface area contributed by atoms with Crippen LogP contribution in [0.4, 0.5) is 5.13 Å². The highest BCUT2D eigenvalue weighted by atomic mass is 32.1. The maximum Gasteiger partial charge on any atom is 0.202 e. The number of nitrogens with zero attached hydrogens (tertiary/aromatic N) is 2. The van der Waals surface area contributed by atoms with Gasteiger partial charge in [-0.05, 0) is 26.2 Å². The first-order valence-electron chi connectivity index (χ1n) is 4.83. The smallest absolute Gasteiger partial charge is 0.202 e. The Hall–Kier alpha value is -0.680. The summed E-state index contributed by atoms with van der Waals surface area (Å²) >= 11 is 1.41. The van der Waals surface area contributed by atoms with Crippen LogP contribution in [0, 0.1) is 6.92 Å². The molecule has 0 aliphatic heterocycles. The van der Waals surface area contributed by atoms with Crippen LogP contribution >= 0.6 is 11.5 Å². The monoisotopic (exact) mass is 213 g/mol. The third-order valence-electron chi connectivity index (χ3n) is 2.79. The lowest BCUT2D eigenvalue weighted by molar-refractivity contribution is -0.0601. The van der Waals surface area contributed by atoms with E-state index in [9.17, 15) is 0 Å². The Labute approximate surface area is 87.9 Å². The first-order valence-corrected chi connectivity index (χ1v) is 5.61. The van der Waals surface area contributed by atoms with Gasteiger partial charge < -0.3 is 10.1 Å². The van der Waals surface area contributed by atoms with Crippen LogP contribution < -0.4 is 5.32 Å². The normalized spacial score (nSPS) is 19.0. The second-order valence-corrected chi connectivity index (χ2v) is 4.49. The largest absolute Gasteiger partial charge is 0.376 e. The van der Waals surface area contributed by atoms with E-state index in [4.69, 9.17) is 4.74 Å². The number of nitrogens with one attached hydrogen (secondary N) is 1. The molecule has 1 aliphatic rings. The molecule has 0 radical (unpaired) electrons. The Morgan fingerprint density at radius 2 is 2.36 bits per heavy atom. The summed E-state index contributed by atoms with van der Waals surface area (Å²) in [6, 6.07) is 0. The van der Waals surface area contributed by atoms with Crippen LogP contribution in [0.25, 0.3) is 0 Å². The molecule has 0 unspecified atom stereocenters. The predicted octanol–water partition coefficient (Wildman–Crippen LogP) is 1.83. The number of ether oxygens (including phenoxy) is 1. The van der Waals surface area contributed by atoms with Crippen molar-refractivity contribution in [2.45, 2.75) is 31.8 Å². The fourth-order valence-corrected chi connectivity index (χ4v) is 2.20. The number of aryl methyl sites for hydroxylation is 1. The number of aromatic nitrogens is 2. The maximum atomic E-state index is 5.50. The minimum Gasteiger partial charge on any atom is -0.376 e.